The lowest BCUT2D eigenvalue weighted by Gasteiger charge is -2.47. The van der Waals surface area contributed by atoms with Gasteiger partial charge in [-0.25, -0.2) is 0 Å². The van der Waals surface area contributed by atoms with Crippen LogP contribution in [0, 0.1) is 0 Å². The third-order valence-electron chi connectivity index (χ3n) is 4.51. The van der Waals surface area contributed by atoms with Gasteiger partial charge in [-0.05, 0) is 45.5 Å². The highest BCUT2D eigenvalue weighted by molar-refractivity contribution is 5.15. The molecule has 19 heavy (non-hydrogen) atoms. The van der Waals surface area contributed by atoms with Crippen molar-refractivity contribution in [3.05, 3.63) is 35.9 Å². The standard InChI is InChI=1S/C16H27N3/c1-18-11-6-10-16(13-17,14-18)19(2)12-9-15-7-4-3-5-8-15/h3-5,7-8H,6,9-14,17H2,1-2H3. The minimum atomic E-state index is 0.168. The van der Waals surface area contributed by atoms with Crippen LogP contribution in [-0.2, 0) is 6.42 Å². The van der Waals surface area contributed by atoms with Gasteiger partial charge in [0, 0.05) is 25.2 Å². The van der Waals surface area contributed by atoms with E-state index in [1.165, 1.54) is 24.9 Å². The monoisotopic (exact) mass is 261 g/mol. The van der Waals surface area contributed by atoms with Crippen LogP contribution in [0.2, 0.25) is 0 Å². The average Bonchev–Trinajstić information content (AvgIpc) is 2.45. The van der Waals surface area contributed by atoms with Crippen molar-refractivity contribution < 1.29 is 0 Å². The Morgan fingerprint density at radius 1 is 1.32 bits per heavy atom. The summed E-state index contributed by atoms with van der Waals surface area (Å²) < 4.78 is 0. The molecule has 1 fully saturated rings. The van der Waals surface area contributed by atoms with E-state index in [1.807, 2.05) is 0 Å². The van der Waals surface area contributed by atoms with Crippen molar-refractivity contribution in [3.8, 4) is 0 Å². The van der Waals surface area contributed by atoms with Gasteiger partial charge < -0.3 is 10.6 Å². The van der Waals surface area contributed by atoms with E-state index < -0.39 is 0 Å². The van der Waals surface area contributed by atoms with Crippen molar-refractivity contribution in [1.82, 2.24) is 9.80 Å². The molecule has 2 N–H and O–H groups in total. The number of hydrogen-bond acceptors (Lipinski definition) is 3. The molecule has 0 aromatic heterocycles. The summed E-state index contributed by atoms with van der Waals surface area (Å²) in [4.78, 5) is 4.89. The molecule has 1 saturated heterocycles. The lowest BCUT2D eigenvalue weighted by molar-refractivity contribution is 0.0458. The van der Waals surface area contributed by atoms with Crippen LogP contribution in [0.1, 0.15) is 18.4 Å². The molecule has 0 amide bonds. The molecule has 2 rings (SSSR count). The first-order valence-corrected chi connectivity index (χ1v) is 7.30. The Morgan fingerprint density at radius 2 is 2.05 bits per heavy atom. The van der Waals surface area contributed by atoms with Crippen LogP contribution in [0.15, 0.2) is 30.3 Å². The van der Waals surface area contributed by atoms with E-state index in [4.69, 9.17) is 5.73 Å². The first-order chi connectivity index (χ1) is 9.16. The van der Waals surface area contributed by atoms with Gasteiger partial charge in [0.25, 0.3) is 0 Å². The molecule has 1 unspecified atom stereocenters. The largest absolute Gasteiger partial charge is 0.329 e. The number of piperidine rings is 1. The van der Waals surface area contributed by atoms with E-state index in [9.17, 15) is 0 Å². The molecule has 3 heteroatoms. The van der Waals surface area contributed by atoms with Gasteiger partial charge in [0.15, 0.2) is 0 Å². The van der Waals surface area contributed by atoms with E-state index in [0.29, 0.717) is 0 Å². The maximum absolute atomic E-state index is 6.10. The summed E-state index contributed by atoms with van der Waals surface area (Å²) in [6, 6.07) is 10.7. The van der Waals surface area contributed by atoms with Gasteiger partial charge >= 0.3 is 0 Å². The minimum absolute atomic E-state index is 0.168. The van der Waals surface area contributed by atoms with Crippen molar-refractivity contribution in [2.45, 2.75) is 24.8 Å². The Balaban J connectivity index is 1.95. The van der Waals surface area contributed by atoms with Crippen LogP contribution in [0.4, 0.5) is 0 Å². The highest BCUT2D eigenvalue weighted by Gasteiger charge is 2.36. The predicted octanol–water partition coefficient (Wildman–Crippen LogP) is 1.58. The smallest absolute Gasteiger partial charge is 0.0455 e. The van der Waals surface area contributed by atoms with E-state index in [2.05, 4.69) is 54.2 Å². The SMILES string of the molecule is CN1CCCC(CN)(N(C)CCc2ccccc2)C1. The molecule has 0 spiro atoms. The number of likely N-dealkylation sites (N-methyl/N-ethyl adjacent to an activating group) is 2. The molecule has 0 aliphatic carbocycles. The van der Waals surface area contributed by atoms with Crippen molar-refractivity contribution in [2.75, 3.05) is 40.3 Å². The summed E-state index contributed by atoms with van der Waals surface area (Å²) in [5.74, 6) is 0. The molecule has 1 aromatic carbocycles. The molecule has 106 valence electrons. The fourth-order valence-corrected chi connectivity index (χ4v) is 3.15. The van der Waals surface area contributed by atoms with Crippen LogP contribution < -0.4 is 5.73 Å². The molecule has 1 atom stereocenters. The second kappa shape index (κ2) is 6.51. The molecule has 1 aromatic rings. The second-order valence-corrected chi connectivity index (χ2v) is 5.93. The van der Waals surface area contributed by atoms with E-state index in [0.717, 1.165) is 26.1 Å². The summed E-state index contributed by atoms with van der Waals surface area (Å²) in [6.07, 6.45) is 3.57. The van der Waals surface area contributed by atoms with Gasteiger partial charge in [-0.15, -0.1) is 0 Å². The van der Waals surface area contributed by atoms with E-state index >= 15 is 0 Å². The fourth-order valence-electron chi connectivity index (χ4n) is 3.15. The van der Waals surface area contributed by atoms with Gasteiger partial charge in [0.1, 0.15) is 0 Å². The zero-order valence-electron chi connectivity index (χ0n) is 12.3. The van der Waals surface area contributed by atoms with Gasteiger partial charge in [-0.2, -0.15) is 0 Å². The quantitative estimate of drug-likeness (QED) is 0.873. The van der Waals surface area contributed by atoms with E-state index in [-0.39, 0.29) is 5.54 Å². The Labute approximate surface area is 117 Å². The second-order valence-electron chi connectivity index (χ2n) is 5.93. The molecule has 0 bridgehead atoms. The molecule has 0 radical (unpaired) electrons. The molecule has 1 aliphatic rings. The number of hydrogen-bond donors (Lipinski definition) is 1. The minimum Gasteiger partial charge on any atom is -0.329 e. The molecular formula is C16H27N3. The van der Waals surface area contributed by atoms with Gasteiger partial charge in [0.2, 0.25) is 0 Å². The topological polar surface area (TPSA) is 32.5 Å². The number of benzene rings is 1. The molecule has 0 saturated carbocycles. The zero-order valence-corrected chi connectivity index (χ0v) is 12.3. The Hall–Kier alpha value is -0.900. The van der Waals surface area contributed by atoms with Gasteiger partial charge in [-0.1, -0.05) is 30.3 Å². The van der Waals surface area contributed by atoms with Crippen molar-refractivity contribution in [3.63, 3.8) is 0 Å². The summed E-state index contributed by atoms with van der Waals surface area (Å²) >= 11 is 0. The van der Waals surface area contributed by atoms with Crippen molar-refractivity contribution >= 4 is 0 Å². The number of nitrogens with zero attached hydrogens (tertiary/aromatic N) is 2. The summed E-state index contributed by atoms with van der Waals surface area (Å²) in [5.41, 5.74) is 7.68. The van der Waals surface area contributed by atoms with Crippen molar-refractivity contribution in [1.29, 1.82) is 0 Å². The number of nitrogens with two attached hydrogens (primary N) is 1. The van der Waals surface area contributed by atoms with Gasteiger partial charge in [0.05, 0.1) is 0 Å². The summed E-state index contributed by atoms with van der Waals surface area (Å²) in [6.45, 7) is 4.13. The predicted molar refractivity (Wildman–Crippen MR) is 81.3 cm³/mol. The van der Waals surface area contributed by atoms with Crippen LogP contribution in [0.3, 0.4) is 0 Å². The molecule has 3 nitrogen and oxygen atoms in total. The van der Waals surface area contributed by atoms with Crippen LogP contribution in [0.25, 0.3) is 0 Å². The third kappa shape index (κ3) is 3.56. The highest BCUT2D eigenvalue weighted by Crippen LogP contribution is 2.25. The first kappa shape index (κ1) is 14.5. The summed E-state index contributed by atoms with van der Waals surface area (Å²) in [7, 11) is 4.43. The molecule has 1 aliphatic heterocycles. The van der Waals surface area contributed by atoms with E-state index in [1.54, 1.807) is 0 Å². The Morgan fingerprint density at radius 3 is 2.68 bits per heavy atom. The average molecular weight is 261 g/mol. The lowest BCUT2D eigenvalue weighted by atomic mass is 9.87. The lowest BCUT2D eigenvalue weighted by Crippen LogP contribution is -2.61. The normalized spacial score (nSPS) is 24.8. The molecular weight excluding hydrogens is 234 g/mol. The van der Waals surface area contributed by atoms with Crippen LogP contribution >= 0.6 is 0 Å². The highest BCUT2D eigenvalue weighted by atomic mass is 15.2. The fraction of sp³-hybridized carbons (Fsp3) is 0.625. The maximum Gasteiger partial charge on any atom is 0.0455 e. The third-order valence-corrected chi connectivity index (χ3v) is 4.51. The number of rotatable bonds is 5. The van der Waals surface area contributed by atoms with Crippen LogP contribution in [-0.4, -0.2) is 55.6 Å². The Kier molecular flexibility index (Phi) is 4.97. The van der Waals surface area contributed by atoms with Crippen LogP contribution in [0.5, 0.6) is 0 Å². The zero-order chi connectivity index (χ0) is 13.7. The Bertz CT molecular complexity index is 379. The van der Waals surface area contributed by atoms with Crippen molar-refractivity contribution in [2.24, 2.45) is 5.73 Å². The summed E-state index contributed by atoms with van der Waals surface area (Å²) in [5, 5.41) is 0. The van der Waals surface area contributed by atoms with Gasteiger partial charge in [-0.3, -0.25) is 4.90 Å². The molecule has 1 heterocycles. The maximum atomic E-state index is 6.10. The first-order valence-electron chi connectivity index (χ1n) is 7.30. The number of likely N-dealkylation sites (tertiary alicyclic amines) is 1.